The minimum absolute atomic E-state index is 0.0485. The van der Waals surface area contributed by atoms with E-state index in [1.54, 1.807) is 12.1 Å². The number of hydrogen-bond donors (Lipinski definition) is 3. The average Bonchev–Trinajstić information content (AvgIpc) is 3.93. The number of anilines is 1. The van der Waals surface area contributed by atoms with Crippen LogP contribution in [-0.2, 0) is 19.1 Å². The first-order valence-electron chi connectivity index (χ1n) is 18.2. The minimum Gasteiger partial charge on any atom is -0.469 e. The number of methoxy groups -OCH3 is 2. The van der Waals surface area contributed by atoms with Crippen LogP contribution in [0.1, 0.15) is 53.9 Å². The Bertz CT molecular complexity index is 2320. The van der Waals surface area contributed by atoms with Gasteiger partial charge in [0.15, 0.2) is 0 Å². The molecule has 3 N–H and O–H groups in total. The second kappa shape index (κ2) is 14.5. The third kappa shape index (κ3) is 6.28. The number of nitro benzene ring substituents is 1. The molecule has 8 bridgehead atoms. The number of hydrogen-bond acceptors (Lipinski definition) is 12. The molecule has 1 saturated heterocycles. The van der Waals surface area contributed by atoms with Crippen molar-refractivity contribution >= 4 is 40.4 Å². The summed E-state index contributed by atoms with van der Waals surface area (Å²) in [6.45, 7) is 14.4. The fourth-order valence-electron chi connectivity index (χ4n) is 8.12. The highest BCUT2D eigenvalue weighted by Crippen LogP contribution is 2.49. The number of fused-ring (bicyclic) bond motifs is 5. The van der Waals surface area contributed by atoms with Crippen LogP contribution >= 0.6 is 0 Å². The third-order valence-corrected chi connectivity index (χ3v) is 11.2. The van der Waals surface area contributed by atoms with Gasteiger partial charge in [-0.1, -0.05) is 26.5 Å². The van der Waals surface area contributed by atoms with Gasteiger partial charge in [0.1, 0.15) is 5.92 Å². The van der Waals surface area contributed by atoms with Gasteiger partial charge >= 0.3 is 11.9 Å². The predicted molar refractivity (Wildman–Crippen MR) is 212 cm³/mol. The van der Waals surface area contributed by atoms with Crippen molar-refractivity contribution in [3.8, 4) is 0 Å². The van der Waals surface area contributed by atoms with Crippen molar-refractivity contribution in [3.63, 3.8) is 0 Å². The van der Waals surface area contributed by atoms with E-state index in [0.29, 0.717) is 34.8 Å². The van der Waals surface area contributed by atoms with Crippen LogP contribution in [0.2, 0.25) is 0 Å². The molecule has 55 heavy (non-hydrogen) atoms. The summed E-state index contributed by atoms with van der Waals surface area (Å²) in [6, 6.07) is 5.97. The van der Waals surface area contributed by atoms with E-state index in [1.807, 2.05) is 38.2 Å². The Morgan fingerprint density at radius 3 is 2.33 bits per heavy atom. The predicted octanol–water partition coefficient (Wildman–Crippen LogP) is 7.16. The number of nitrogens with zero attached hydrogens (tertiary/aromatic N) is 4. The molecular weight excluding hydrogens is 699 g/mol. The van der Waals surface area contributed by atoms with Gasteiger partial charge in [-0.2, -0.15) is 0 Å². The van der Waals surface area contributed by atoms with Crippen LogP contribution in [0, 0.1) is 27.9 Å². The highest BCUT2D eigenvalue weighted by molar-refractivity contribution is 6.24. The molecule has 282 valence electrons. The van der Waals surface area contributed by atoms with Crippen molar-refractivity contribution < 1.29 is 24.0 Å². The lowest BCUT2D eigenvalue weighted by Gasteiger charge is -2.22. The number of carbonyl (C=O) groups excluding carboxylic acids is 2. The van der Waals surface area contributed by atoms with Gasteiger partial charge in [0, 0.05) is 58.5 Å². The van der Waals surface area contributed by atoms with Crippen molar-refractivity contribution in [2.45, 2.75) is 53.9 Å². The molecular formula is C42H43N7O6. The molecule has 1 fully saturated rings. The summed E-state index contributed by atoms with van der Waals surface area (Å²) in [5.41, 5.74) is 19.7. The first-order chi connectivity index (χ1) is 26.4. The topological polar surface area (TPSA) is 169 Å². The number of nitro groups is 1. The molecule has 13 heteroatoms. The van der Waals surface area contributed by atoms with Crippen molar-refractivity contribution in [3.05, 3.63) is 138 Å². The van der Waals surface area contributed by atoms with E-state index in [0.717, 1.165) is 74.1 Å². The van der Waals surface area contributed by atoms with E-state index < -0.39 is 16.8 Å². The zero-order chi connectivity index (χ0) is 39.3. The number of rotatable bonds is 10. The Morgan fingerprint density at radius 2 is 1.67 bits per heavy atom. The van der Waals surface area contributed by atoms with Crippen LogP contribution in [0.4, 0.5) is 11.4 Å². The van der Waals surface area contributed by atoms with Crippen LogP contribution < -0.4 is 16.2 Å². The molecule has 3 atom stereocenters. The van der Waals surface area contributed by atoms with E-state index in [-0.39, 0.29) is 29.9 Å². The molecule has 0 amide bonds. The molecule has 5 aliphatic heterocycles. The lowest BCUT2D eigenvalue weighted by molar-refractivity contribution is -0.384. The lowest BCUT2D eigenvalue weighted by atomic mass is 9.84. The van der Waals surface area contributed by atoms with Crippen LogP contribution in [-0.4, -0.2) is 48.2 Å². The molecule has 0 spiro atoms. The van der Waals surface area contributed by atoms with E-state index in [4.69, 9.17) is 24.5 Å². The number of allylic oxidation sites excluding steroid dienone is 11. The van der Waals surface area contributed by atoms with Gasteiger partial charge < -0.3 is 25.6 Å². The van der Waals surface area contributed by atoms with E-state index in [2.05, 4.69) is 43.5 Å². The molecule has 13 nitrogen and oxygen atoms in total. The number of non-ortho nitro benzene ring substituents is 1. The van der Waals surface area contributed by atoms with Crippen LogP contribution in [0.15, 0.2) is 143 Å². The largest absolute Gasteiger partial charge is 0.469 e. The number of benzene rings is 1. The zero-order valence-electron chi connectivity index (χ0n) is 31.9. The Balaban J connectivity index is 1.48. The summed E-state index contributed by atoms with van der Waals surface area (Å²) in [5.74, 6) is -2.15. The SMILES string of the molecule is C=CC1=C(C)C2=NC1=CC1=NC(=CC3=C(C)C4=C(NNc5ccc([N+](=O)[O-])cc5)[C@H](C(=O)OC)C(=C5NC(=C2)[C@@H](C)[C@@H]5CCC(=O)OC)C4=N3)C(CC)=C1C. The molecule has 1 aromatic carbocycles. The van der Waals surface area contributed by atoms with Gasteiger partial charge in [-0.05, 0) is 86.3 Å². The van der Waals surface area contributed by atoms with Crippen molar-refractivity contribution in [2.24, 2.45) is 32.7 Å². The molecule has 0 aromatic heterocycles. The number of esters is 2. The molecule has 7 rings (SSSR count). The number of nitrogens with one attached hydrogen (secondary N) is 3. The van der Waals surface area contributed by atoms with Gasteiger partial charge in [0.05, 0.1) is 64.8 Å². The smallest absolute Gasteiger partial charge is 0.319 e. The zero-order valence-corrected chi connectivity index (χ0v) is 31.9. The second-order valence-electron chi connectivity index (χ2n) is 14.1. The average molecular weight is 742 g/mol. The first-order valence-corrected chi connectivity index (χ1v) is 18.2. The molecule has 0 saturated carbocycles. The standard InChI is InChI=1S/C42H43N7O6/c1-9-26-20(3)29-17-31-22(5)28(15-16-35(50)54-7)39(45-31)37-38(42(51)55-8)41(48-47-24-11-13-25(14-12-24)49(52)53)36-23(6)32(46-40(36)37)19-34-27(10-2)21(4)30(44-34)18-33(26)43-29/h9,11-14,17-19,22,28,38,45,47-48H,1,10,15-16H2,2-8H3/t22-,28-,38+/m0/s1. The lowest BCUT2D eigenvalue weighted by Crippen LogP contribution is -2.32. The van der Waals surface area contributed by atoms with Gasteiger partial charge in [0.25, 0.3) is 5.69 Å². The van der Waals surface area contributed by atoms with Gasteiger partial charge in [-0.25, -0.2) is 15.0 Å². The monoisotopic (exact) mass is 741 g/mol. The fraction of sp³-hybridized carbons (Fsp3) is 0.310. The van der Waals surface area contributed by atoms with Crippen LogP contribution in [0.5, 0.6) is 0 Å². The Kier molecular flexibility index (Phi) is 9.72. The van der Waals surface area contributed by atoms with E-state index in [1.165, 1.54) is 26.4 Å². The highest BCUT2D eigenvalue weighted by Gasteiger charge is 2.49. The first kappa shape index (κ1) is 37.0. The third-order valence-electron chi connectivity index (χ3n) is 11.2. The highest BCUT2D eigenvalue weighted by atomic mass is 16.6. The Hall–Kier alpha value is -6.37. The maximum absolute atomic E-state index is 14.1. The van der Waals surface area contributed by atoms with Crippen molar-refractivity contribution in [1.29, 1.82) is 0 Å². The molecule has 0 radical (unpaired) electrons. The molecule has 1 aromatic rings. The van der Waals surface area contributed by atoms with E-state index >= 15 is 0 Å². The number of carbonyl (C=O) groups is 2. The fourth-order valence-corrected chi connectivity index (χ4v) is 8.12. The maximum atomic E-state index is 14.1. The maximum Gasteiger partial charge on any atom is 0.319 e. The Morgan fingerprint density at radius 1 is 0.964 bits per heavy atom. The number of ether oxygens (including phenoxy) is 2. The van der Waals surface area contributed by atoms with Crippen molar-refractivity contribution in [2.75, 3.05) is 19.6 Å². The summed E-state index contributed by atoms with van der Waals surface area (Å²) >= 11 is 0. The van der Waals surface area contributed by atoms with Crippen molar-refractivity contribution in [1.82, 2.24) is 10.7 Å². The number of hydrazine groups is 1. The van der Waals surface area contributed by atoms with Crippen LogP contribution in [0.25, 0.3) is 0 Å². The van der Waals surface area contributed by atoms with Gasteiger partial charge in [-0.15, -0.1) is 0 Å². The normalized spacial score (nSPS) is 22.6. The number of aliphatic imine (C=N–C) groups is 3. The minimum atomic E-state index is -0.946. The molecule has 5 heterocycles. The quantitative estimate of drug-likeness (QED) is 0.128. The van der Waals surface area contributed by atoms with Gasteiger partial charge in [-0.3, -0.25) is 19.7 Å². The summed E-state index contributed by atoms with van der Waals surface area (Å²) in [6.07, 6.45) is 9.21. The van der Waals surface area contributed by atoms with E-state index in [9.17, 15) is 19.7 Å². The van der Waals surface area contributed by atoms with Gasteiger partial charge in [0.2, 0.25) is 0 Å². The second-order valence-corrected chi connectivity index (χ2v) is 14.1. The summed E-state index contributed by atoms with van der Waals surface area (Å²) in [4.78, 5) is 52.9. The molecule has 1 aliphatic carbocycles. The summed E-state index contributed by atoms with van der Waals surface area (Å²) in [5, 5.41) is 15.0. The summed E-state index contributed by atoms with van der Waals surface area (Å²) in [7, 11) is 2.72. The summed E-state index contributed by atoms with van der Waals surface area (Å²) < 4.78 is 10.5. The van der Waals surface area contributed by atoms with Crippen LogP contribution in [0.3, 0.4) is 0 Å². The molecule has 0 unspecified atom stereocenters. The molecule has 6 aliphatic rings. The Labute approximate surface area is 319 Å².